The molecule has 1 aromatic carbocycles. The van der Waals surface area contributed by atoms with Crippen molar-refractivity contribution in [1.82, 2.24) is 0 Å². The molecule has 0 saturated carbocycles. The van der Waals surface area contributed by atoms with Gasteiger partial charge < -0.3 is 5.73 Å². The lowest BCUT2D eigenvalue weighted by Gasteiger charge is -2.09. The van der Waals surface area contributed by atoms with Crippen LogP contribution >= 0.6 is 12.6 Å². The van der Waals surface area contributed by atoms with E-state index in [1.807, 2.05) is 6.08 Å². The molecule has 0 spiro atoms. The second-order valence-electron chi connectivity index (χ2n) is 3.26. The van der Waals surface area contributed by atoms with Gasteiger partial charge in [0.15, 0.2) is 0 Å². The van der Waals surface area contributed by atoms with Crippen LogP contribution in [0.15, 0.2) is 24.3 Å². The number of nitrogens with two attached hydrogens (primary N) is 1. The van der Waals surface area contributed by atoms with Crippen molar-refractivity contribution >= 4 is 24.4 Å². The topological polar surface area (TPSA) is 26.0 Å². The van der Waals surface area contributed by atoms with Gasteiger partial charge in [-0.2, -0.15) is 25.8 Å². The molecule has 0 radical (unpaired) electrons. The fourth-order valence-corrected chi connectivity index (χ4v) is 1.39. The zero-order valence-electron chi connectivity index (χ0n) is 8.46. The van der Waals surface area contributed by atoms with Crippen molar-refractivity contribution in [2.75, 3.05) is 11.5 Å². The average Bonchev–Trinajstić information content (AvgIpc) is 2.16. The van der Waals surface area contributed by atoms with Crippen molar-refractivity contribution in [3.8, 4) is 0 Å². The summed E-state index contributed by atoms with van der Waals surface area (Å²) in [7, 11) is 0. The van der Waals surface area contributed by atoms with Crippen LogP contribution in [0.3, 0.4) is 0 Å². The molecule has 0 amide bonds. The number of hydrogen-bond acceptors (Lipinski definition) is 2. The van der Waals surface area contributed by atoms with Crippen molar-refractivity contribution in [3.63, 3.8) is 0 Å². The summed E-state index contributed by atoms with van der Waals surface area (Å²) >= 11 is 4.02. The number of alkyl halides is 3. The quantitative estimate of drug-likeness (QED) is 0.619. The predicted octanol–water partition coefficient (Wildman–Crippen LogP) is 3.62. The maximum atomic E-state index is 12.4. The first-order chi connectivity index (χ1) is 7.45. The number of rotatable bonds is 3. The van der Waals surface area contributed by atoms with Crippen LogP contribution in [0.1, 0.15) is 17.5 Å². The Kier molecular flexibility index (Phi) is 4.29. The molecule has 16 heavy (non-hydrogen) atoms. The summed E-state index contributed by atoms with van der Waals surface area (Å²) in [5.41, 5.74) is 4.96. The molecule has 0 heterocycles. The Bertz CT molecular complexity index is 385. The van der Waals surface area contributed by atoms with E-state index in [1.54, 1.807) is 6.08 Å². The Labute approximate surface area is 97.6 Å². The third-order valence-electron chi connectivity index (χ3n) is 1.99. The molecule has 0 aliphatic rings. The molecule has 88 valence electrons. The standard InChI is InChI=1S/C11H12F3NS/c12-11(13,14)9-5-4-8(7-10(9)15)3-1-2-6-16/h1,3-5,7,16H,2,6,15H2. The Balaban J connectivity index is 2.91. The number of halogens is 3. The zero-order valence-corrected chi connectivity index (χ0v) is 9.35. The number of benzene rings is 1. The van der Waals surface area contributed by atoms with E-state index < -0.39 is 11.7 Å². The van der Waals surface area contributed by atoms with E-state index in [0.29, 0.717) is 11.3 Å². The Morgan fingerprint density at radius 1 is 1.31 bits per heavy atom. The van der Waals surface area contributed by atoms with Gasteiger partial charge in [0.2, 0.25) is 0 Å². The van der Waals surface area contributed by atoms with Gasteiger partial charge >= 0.3 is 6.18 Å². The van der Waals surface area contributed by atoms with Gasteiger partial charge in [0.1, 0.15) is 0 Å². The summed E-state index contributed by atoms with van der Waals surface area (Å²) in [6.45, 7) is 0. The highest BCUT2D eigenvalue weighted by atomic mass is 32.1. The van der Waals surface area contributed by atoms with Gasteiger partial charge in [0, 0.05) is 5.69 Å². The third kappa shape index (κ3) is 3.48. The minimum atomic E-state index is -4.39. The minimum absolute atomic E-state index is 0.250. The van der Waals surface area contributed by atoms with Crippen LogP contribution in [0.2, 0.25) is 0 Å². The number of allylic oxidation sites excluding steroid dienone is 1. The molecular formula is C11H12F3NS. The normalized spacial score (nSPS) is 12.2. The van der Waals surface area contributed by atoms with Crippen molar-refractivity contribution in [1.29, 1.82) is 0 Å². The highest BCUT2D eigenvalue weighted by Gasteiger charge is 2.32. The van der Waals surface area contributed by atoms with Crippen molar-refractivity contribution in [2.24, 2.45) is 0 Å². The van der Waals surface area contributed by atoms with Crippen molar-refractivity contribution < 1.29 is 13.2 Å². The Morgan fingerprint density at radius 3 is 2.50 bits per heavy atom. The molecule has 0 bridgehead atoms. The van der Waals surface area contributed by atoms with E-state index in [-0.39, 0.29) is 5.69 Å². The lowest BCUT2D eigenvalue weighted by atomic mass is 10.1. The smallest absolute Gasteiger partial charge is 0.398 e. The SMILES string of the molecule is Nc1cc(C=CCCS)ccc1C(F)(F)F. The van der Waals surface area contributed by atoms with Crippen LogP contribution in [-0.4, -0.2) is 5.75 Å². The van der Waals surface area contributed by atoms with E-state index in [1.165, 1.54) is 12.1 Å². The van der Waals surface area contributed by atoms with Gasteiger partial charge in [-0.05, 0) is 29.9 Å². The first-order valence-corrected chi connectivity index (χ1v) is 5.32. The zero-order chi connectivity index (χ0) is 12.2. The molecule has 0 saturated heterocycles. The summed E-state index contributed by atoms with van der Waals surface area (Å²) in [6.07, 6.45) is -0.0523. The molecule has 0 aliphatic carbocycles. The first-order valence-electron chi connectivity index (χ1n) is 4.69. The Morgan fingerprint density at radius 2 is 2.00 bits per heavy atom. The molecular weight excluding hydrogens is 235 g/mol. The molecule has 0 aromatic heterocycles. The molecule has 5 heteroatoms. The van der Waals surface area contributed by atoms with Gasteiger partial charge in [-0.25, -0.2) is 0 Å². The van der Waals surface area contributed by atoms with Crippen LogP contribution < -0.4 is 5.73 Å². The van der Waals surface area contributed by atoms with Crippen LogP contribution in [0.4, 0.5) is 18.9 Å². The Hall–Kier alpha value is -1.10. The molecule has 1 nitrogen and oxygen atoms in total. The fourth-order valence-electron chi connectivity index (χ4n) is 1.24. The van der Waals surface area contributed by atoms with E-state index in [4.69, 9.17) is 5.73 Å². The lowest BCUT2D eigenvalue weighted by molar-refractivity contribution is -0.136. The van der Waals surface area contributed by atoms with E-state index in [2.05, 4.69) is 12.6 Å². The summed E-state index contributed by atoms with van der Waals surface area (Å²) in [5.74, 6) is 0.701. The largest absolute Gasteiger partial charge is 0.418 e. The molecule has 0 atom stereocenters. The molecule has 1 rings (SSSR count). The van der Waals surface area contributed by atoms with Crippen LogP contribution in [0.25, 0.3) is 6.08 Å². The molecule has 0 aliphatic heterocycles. The molecule has 1 aromatic rings. The average molecular weight is 247 g/mol. The number of thiol groups is 1. The third-order valence-corrected chi connectivity index (χ3v) is 2.25. The van der Waals surface area contributed by atoms with Crippen LogP contribution in [0.5, 0.6) is 0 Å². The second kappa shape index (κ2) is 5.30. The van der Waals surface area contributed by atoms with Crippen LogP contribution in [-0.2, 0) is 6.18 Å². The van der Waals surface area contributed by atoms with Gasteiger partial charge in [-0.3, -0.25) is 0 Å². The van der Waals surface area contributed by atoms with E-state index >= 15 is 0 Å². The monoisotopic (exact) mass is 247 g/mol. The molecule has 0 unspecified atom stereocenters. The number of nitrogen functional groups attached to an aromatic ring is 1. The summed E-state index contributed by atoms with van der Waals surface area (Å²) in [6, 6.07) is 3.71. The van der Waals surface area contributed by atoms with Crippen molar-refractivity contribution in [2.45, 2.75) is 12.6 Å². The summed E-state index contributed by atoms with van der Waals surface area (Å²) < 4.78 is 37.1. The summed E-state index contributed by atoms with van der Waals surface area (Å²) in [5, 5.41) is 0. The second-order valence-corrected chi connectivity index (χ2v) is 3.71. The van der Waals surface area contributed by atoms with E-state index in [0.717, 1.165) is 12.5 Å². The predicted molar refractivity (Wildman–Crippen MR) is 63.4 cm³/mol. The van der Waals surface area contributed by atoms with E-state index in [9.17, 15) is 13.2 Å². The van der Waals surface area contributed by atoms with Gasteiger partial charge in [0.25, 0.3) is 0 Å². The molecule has 0 fully saturated rings. The highest BCUT2D eigenvalue weighted by molar-refractivity contribution is 7.80. The number of anilines is 1. The highest BCUT2D eigenvalue weighted by Crippen LogP contribution is 2.33. The maximum Gasteiger partial charge on any atom is 0.418 e. The molecule has 2 N–H and O–H groups in total. The minimum Gasteiger partial charge on any atom is -0.398 e. The van der Waals surface area contributed by atoms with Gasteiger partial charge in [-0.15, -0.1) is 0 Å². The first kappa shape index (κ1) is 13.0. The maximum absolute atomic E-state index is 12.4. The van der Waals surface area contributed by atoms with Gasteiger partial charge in [0.05, 0.1) is 5.56 Å². The number of hydrogen-bond donors (Lipinski definition) is 2. The van der Waals surface area contributed by atoms with Gasteiger partial charge in [-0.1, -0.05) is 18.2 Å². The lowest BCUT2D eigenvalue weighted by Crippen LogP contribution is -2.08. The fraction of sp³-hybridized carbons (Fsp3) is 0.273. The van der Waals surface area contributed by atoms with Crippen molar-refractivity contribution in [3.05, 3.63) is 35.4 Å². The van der Waals surface area contributed by atoms with Crippen LogP contribution in [0, 0.1) is 0 Å². The summed E-state index contributed by atoms with van der Waals surface area (Å²) in [4.78, 5) is 0.